The fourth-order valence-electron chi connectivity index (χ4n) is 2.42. The van der Waals surface area contributed by atoms with Crippen molar-refractivity contribution in [3.8, 4) is 5.88 Å². The number of nitrogens with zero attached hydrogens (tertiary/aromatic N) is 3. The molecule has 0 aliphatic rings. The van der Waals surface area contributed by atoms with Gasteiger partial charge in [-0.1, -0.05) is 20.8 Å². The highest BCUT2D eigenvalue weighted by Gasteiger charge is 2.37. The molecule has 0 spiro atoms. The summed E-state index contributed by atoms with van der Waals surface area (Å²) in [6.07, 6.45) is -0.952. The number of alkyl halides is 1. The molecule has 0 aliphatic heterocycles. The van der Waals surface area contributed by atoms with E-state index in [1.54, 1.807) is 0 Å². The highest BCUT2D eigenvalue weighted by atomic mass is 127. The van der Waals surface area contributed by atoms with Crippen LogP contribution in [0.4, 0.5) is 4.39 Å². The van der Waals surface area contributed by atoms with Crippen LogP contribution in [0.2, 0.25) is 18.1 Å². The van der Waals surface area contributed by atoms with Crippen molar-refractivity contribution in [3.05, 3.63) is 9.26 Å². The van der Waals surface area contributed by atoms with E-state index in [0.29, 0.717) is 25.6 Å². The molecule has 0 fully saturated rings. The number of hydrogen-bond donors (Lipinski definition) is 1. The van der Waals surface area contributed by atoms with E-state index in [4.69, 9.17) is 9.16 Å². The first-order chi connectivity index (χ1) is 12.8. The first-order valence-electron chi connectivity index (χ1n) is 9.76. The Bertz CT molecular complexity index is 620. The van der Waals surface area contributed by atoms with Gasteiger partial charge in [0.25, 0.3) is 0 Å². The molecule has 164 valence electrons. The smallest absolute Gasteiger partial charge is 0.246 e. The molecule has 0 amide bonds. The standard InChI is InChI=1S/C19H37FIN3O3Si/c1-14(2)27-18-17(21)16(13-23(6)12-15(25)11-20)24(22-18)9-10-26-28(7,8)19(3,4)5/h14-15,25H,9-13H2,1-8H3. The maximum absolute atomic E-state index is 12.6. The third-order valence-corrected chi connectivity index (χ3v) is 10.6. The molecule has 1 rings (SSSR count). The zero-order chi connectivity index (χ0) is 21.7. The Hall–Kier alpha value is -0.233. The number of aliphatic hydroxyl groups excluding tert-OH is 1. The van der Waals surface area contributed by atoms with Gasteiger partial charge in [0.05, 0.1) is 34.6 Å². The minimum absolute atomic E-state index is 0.0271. The van der Waals surface area contributed by atoms with Crippen molar-refractivity contribution in [1.82, 2.24) is 14.7 Å². The van der Waals surface area contributed by atoms with E-state index >= 15 is 0 Å². The maximum atomic E-state index is 12.6. The molecule has 1 aromatic rings. The average molecular weight is 530 g/mol. The molecule has 0 saturated heterocycles. The summed E-state index contributed by atoms with van der Waals surface area (Å²) in [4.78, 5) is 1.90. The molecule has 1 aromatic heterocycles. The molecule has 0 radical (unpaired) electrons. The van der Waals surface area contributed by atoms with Gasteiger partial charge < -0.3 is 14.3 Å². The predicted octanol–water partition coefficient (Wildman–Crippen LogP) is 4.06. The second-order valence-electron chi connectivity index (χ2n) is 9.07. The van der Waals surface area contributed by atoms with Gasteiger partial charge in [-0.25, -0.2) is 4.39 Å². The lowest BCUT2D eigenvalue weighted by Gasteiger charge is -2.36. The number of hydrogen-bond acceptors (Lipinski definition) is 5. The summed E-state index contributed by atoms with van der Waals surface area (Å²) in [5, 5.41) is 14.4. The Morgan fingerprint density at radius 3 is 2.43 bits per heavy atom. The van der Waals surface area contributed by atoms with Crippen molar-refractivity contribution in [2.45, 2.75) is 78.0 Å². The van der Waals surface area contributed by atoms with E-state index in [0.717, 1.165) is 9.26 Å². The summed E-state index contributed by atoms with van der Waals surface area (Å²) in [5.41, 5.74) is 0.989. The normalized spacial score (nSPS) is 14.2. The molecule has 1 unspecified atom stereocenters. The van der Waals surface area contributed by atoms with E-state index in [2.05, 4.69) is 61.6 Å². The van der Waals surface area contributed by atoms with Gasteiger partial charge in [0.2, 0.25) is 5.88 Å². The predicted molar refractivity (Wildman–Crippen MR) is 122 cm³/mol. The Morgan fingerprint density at radius 2 is 1.93 bits per heavy atom. The lowest BCUT2D eigenvalue weighted by atomic mass is 10.2. The number of aromatic nitrogens is 2. The van der Waals surface area contributed by atoms with Crippen molar-refractivity contribution in [1.29, 1.82) is 0 Å². The van der Waals surface area contributed by atoms with Crippen LogP contribution in [0.15, 0.2) is 0 Å². The van der Waals surface area contributed by atoms with Crippen LogP contribution in [0.1, 0.15) is 40.3 Å². The second kappa shape index (κ2) is 10.7. The van der Waals surface area contributed by atoms with Gasteiger partial charge in [0.1, 0.15) is 6.67 Å². The minimum Gasteiger partial charge on any atom is -0.473 e. The highest BCUT2D eigenvalue weighted by molar-refractivity contribution is 14.1. The summed E-state index contributed by atoms with van der Waals surface area (Å²) in [6.45, 7) is 16.4. The third-order valence-electron chi connectivity index (χ3n) is 5.00. The highest BCUT2D eigenvalue weighted by Crippen LogP contribution is 2.36. The number of aliphatic hydroxyl groups is 1. The van der Waals surface area contributed by atoms with E-state index in [9.17, 15) is 9.50 Å². The first kappa shape index (κ1) is 25.8. The summed E-state index contributed by atoms with van der Waals surface area (Å²) < 4.78 is 27.7. The van der Waals surface area contributed by atoms with Crippen molar-refractivity contribution in [2.24, 2.45) is 0 Å². The Labute approximate surface area is 184 Å². The van der Waals surface area contributed by atoms with Crippen LogP contribution in [0.5, 0.6) is 5.88 Å². The maximum Gasteiger partial charge on any atom is 0.246 e. The zero-order valence-corrected chi connectivity index (χ0v) is 21.7. The van der Waals surface area contributed by atoms with Gasteiger partial charge >= 0.3 is 0 Å². The first-order valence-corrected chi connectivity index (χ1v) is 13.8. The number of rotatable bonds is 11. The van der Waals surface area contributed by atoms with Gasteiger partial charge in [-0.3, -0.25) is 9.58 Å². The molecular weight excluding hydrogens is 492 g/mol. The largest absolute Gasteiger partial charge is 0.473 e. The fraction of sp³-hybridized carbons (Fsp3) is 0.842. The van der Waals surface area contributed by atoms with Crippen molar-refractivity contribution in [2.75, 3.05) is 26.9 Å². The molecule has 0 aromatic carbocycles. The van der Waals surface area contributed by atoms with Crippen molar-refractivity contribution < 1.29 is 18.7 Å². The number of ether oxygens (including phenoxy) is 1. The number of halogens is 2. The summed E-state index contributed by atoms with van der Waals surface area (Å²) >= 11 is 2.25. The monoisotopic (exact) mass is 529 g/mol. The molecular formula is C19H37FIN3O3Si. The lowest BCUT2D eigenvalue weighted by Crippen LogP contribution is -2.41. The van der Waals surface area contributed by atoms with Crippen LogP contribution >= 0.6 is 22.6 Å². The Kier molecular flexibility index (Phi) is 9.85. The second-order valence-corrected chi connectivity index (χ2v) is 15.0. The fourth-order valence-corrected chi connectivity index (χ4v) is 4.14. The Morgan fingerprint density at radius 1 is 1.32 bits per heavy atom. The van der Waals surface area contributed by atoms with Gasteiger partial charge in [-0.15, -0.1) is 5.10 Å². The minimum atomic E-state index is -1.83. The van der Waals surface area contributed by atoms with E-state index < -0.39 is 21.1 Å². The molecule has 0 saturated carbocycles. The van der Waals surface area contributed by atoms with Crippen LogP contribution < -0.4 is 4.74 Å². The number of likely N-dealkylation sites (N-methyl/N-ethyl adjacent to an activating group) is 1. The molecule has 1 N–H and O–H groups in total. The van der Waals surface area contributed by atoms with E-state index in [1.165, 1.54) is 0 Å². The zero-order valence-electron chi connectivity index (χ0n) is 18.6. The summed E-state index contributed by atoms with van der Waals surface area (Å²) in [6, 6.07) is 0. The van der Waals surface area contributed by atoms with Crippen molar-refractivity contribution in [3.63, 3.8) is 0 Å². The Balaban J connectivity index is 2.95. The third kappa shape index (κ3) is 7.55. The average Bonchev–Trinajstić information content (AvgIpc) is 2.81. The lowest BCUT2D eigenvalue weighted by molar-refractivity contribution is 0.0964. The van der Waals surface area contributed by atoms with Crippen LogP contribution in [-0.2, 0) is 17.5 Å². The van der Waals surface area contributed by atoms with Crippen LogP contribution in [0.3, 0.4) is 0 Å². The van der Waals surface area contributed by atoms with E-state index in [1.807, 2.05) is 30.5 Å². The summed E-state index contributed by atoms with van der Waals surface area (Å²) in [7, 11) is 0.0353. The molecule has 6 nitrogen and oxygen atoms in total. The molecule has 0 bridgehead atoms. The van der Waals surface area contributed by atoms with Crippen LogP contribution in [-0.4, -0.2) is 67.2 Å². The van der Waals surface area contributed by atoms with Gasteiger partial charge in [0, 0.05) is 13.1 Å². The van der Waals surface area contributed by atoms with Gasteiger partial charge in [0.15, 0.2) is 8.32 Å². The molecule has 1 heterocycles. The molecule has 1 atom stereocenters. The van der Waals surface area contributed by atoms with Crippen LogP contribution in [0.25, 0.3) is 0 Å². The molecule has 28 heavy (non-hydrogen) atoms. The SMILES string of the molecule is CC(C)Oc1nn(CCO[Si](C)(C)C(C)(C)C)c(CN(C)CC(O)CF)c1I. The topological polar surface area (TPSA) is 59.8 Å². The van der Waals surface area contributed by atoms with Gasteiger partial charge in [-0.05, 0) is 61.6 Å². The molecule has 0 aliphatic carbocycles. The summed E-state index contributed by atoms with van der Waals surface area (Å²) in [5.74, 6) is 0.609. The quantitative estimate of drug-likeness (QED) is 0.346. The van der Waals surface area contributed by atoms with Crippen LogP contribution in [0, 0.1) is 3.57 Å². The van der Waals surface area contributed by atoms with Gasteiger partial charge in [-0.2, -0.15) is 0 Å². The molecule has 9 heteroatoms. The van der Waals surface area contributed by atoms with Crippen molar-refractivity contribution >= 4 is 30.9 Å². The van der Waals surface area contributed by atoms with E-state index in [-0.39, 0.29) is 17.7 Å².